The third-order valence-electron chi connectivity index (χ3n) is 4.95. The fourth-order valence-electron chi connectivity index (χ4n) is 3.71. The van der Waals surface area contributed by atoms with Crippen molar-refractivity contribution in [2.45, 2.75) is 36.9 Å². The molecule has 0 spiro atoms. The molecule has 25 heavy (non-hydrogen) atoms. The number of hydrogen-bond acceptors (Lipinski definition) is 4. The molecule has 1 aliphatic rings. The molecule has 0 saturated carbocycles. The highest BCUT2D eigenvalue weighted by atomic mass is 32.2. The Labute approximate surface area is 152 Å². The molecule has 1 fully saturated rings. The van der Waals surface area contributed by atoms with Crippen molar-refractivity contribution in [1.82, 2.24) is 13.9 Å². The summed E-state index contributed by atoms with van der Waals surface area (Å²) in [7, 11) is -3.37. The molecule has 0 bridgehead atoms. The maximum absolute atomic E-state index is 12.9. The fourth-order valence-corrected chi connectivity index (χ4v) is 6.73. The van der Waals surface area contributed by atoms with Crippen LogP contribution in [0.5, 0.6) is 0 Å². The maximum Gasteiger partial charge on any atom is 0.252 e. The molecule has 0 atom stereocenters. The lowest BCUT2D eigenvalue weighted by Crippen LogP contribution is -2.39. The number of nitrogens with zero attached hydrogens (tertiary/aromatic N) is 3. The highest BCUT2D eigenvalue weighted by Crippen LogP contribution is 2.32. The van der Waals surface area contributed by atoms with E-state index in [1.165, 1.54) is 11.3 Å². The number of aromatic nitrogens is 2. The van der Waals surface area contributed by atoms with Crippen molar-refractivity contribution >= 4 is 32.4 Å². The molecular formula is C18H21N3O2S2. The average molecular weight is 376 g/mol. The van der Waals surface area contributed by atoms with Gasteiger partial charge in [0.1, 0.15) is 10.0 Å². The Hall–Kier alpha value is -1.70. The highest BCUT2D eigenvalue weighted by Gasteiger charge is 2.32. The Morgan fingerprint density at radius 2 is 1.84 bits per heavy atom. The SMILES string of the molecule is Cc1ccsc1S(=O)(=O)N1CCC(n2c(C)nc3ccccc32)CC1. The van der Waals surface area contributed by atoms with Crippen molar-refractivity contribution in [2.24, 2.45) is 0 Å². The normalized spacial score (nSPS) is 17.4. The lowest BCUT2D eigenvalue weighted by atomic mass is 10.1. The molecule has 0 radical (unpaired) electrons. The van der Waals surface area contributed by atoms with E-state index in [-0.39, 0.29) is 0 Å². The summed E-state index contributed by atoms with van der Waals surface area (Å²) in [6.07, 6.45) is 1.62. The van der Waals surface area contributed by atoms with Crippen LogP contribution in [0.2, 0.25) is 0 Å². The second-order valence-corrected chi connectivity index (χ2v) is 9.59. The predicted octanol–water partition coefficient (Wildman–Crippen LogP) is 3.74. The van der Waals surface area contributed by atoms with Gasteiger partial charge in [-0.1, -0.05) is 12.1 Å². The van der Waals surface area contributed by atoms with Gasteiger partial charge in [0, 0.05) is 19.1 Å². The van der Waals surface area contributed by atoms with Gasteiger partial charge in [-0.15, -0.1) is 11.3 Å². The Morgan fingerprint density at radius 3 is 2.52 bits per heavy atom. The number of thiophene rings is 1. The van der Waals surface area contributed by atoms with Crippen LogP contribution in [0.4, 0.5) is 0 Å². The van der Waals surface area contributed by atoms with Crippen LogP contribution >= 0.6 is 11.3 Å². The molecule has 0 amide bonds. The van der Waals surface area contributed by atoms with Crippen molar-refractivity contribution in [3.05, 3.63) is 47.1 Å². The molecule has 1 aromatic carbocycles. The van der Waals surface area contributed by atoms with E-state index in [1.807, 2.05) is 43.5 Å². The zero-order chi connectivity index (χ0) is 17.6. The first-order chi connectivity index (χ1) is 12.0. The van der Waals surface area contributed by atoms with Crippen LogP contribution < -0.4 is 0 Å². The highest BCUT2D eigenvalue weighted by molar-refractivity contribution is 7.91. The Bertz CT molecular complexity index is 1010. The predicted molar refractivity (Wildman–Crippen MR) is 101 cm³/mol. The van der Waals surface area contributed by atoms with E-state index in [2.05, 4.69) is 15.6 Å². The molecule has 4 rings (SSSR count). The van der Waals surface area contributed by atoms with Gasteiger partial charge in [-0.3, -0.25) is 0 Å². The van der Waals surface area contributed by atoms with Gasteiger partial charge < -0.3 is 4.57 Å². The lowest BCUT2D eigenvalue weighted by Gasteiger charge is -2.32. The summed E-state index contributed by atoms with van der Waals surface area (Å²) >= 11 is 1.31. The summed E-state index contributed by atoms with van der Waals surface area (Å²) in [4.78, 5) is 4.64. The first-order valence-electron chi connectivity index (χ1n) is 8.46. The van der Waals surface area contributed by atoms with Gasteiger partial charge in [0.25, 0.3) is 10.0 Å². The van der Waals surface area contributed by atoms with Crippen LogP contribution in [0.3, 0.4) is 0 Å². The molecular weight excluding hydrogens is 354 g/mol. The zero-order valence-corrected chi connectivity index (χ0v) is 16.0. The van der Waals surface area contributed by atoms with E-state index < -0.39 is 10.0 Å². The minimum absolute atomic E-state index is 0.295. The topological polar surface area (TPSA) is 55.2 Å². The molecule has 3 heterocycles. The smallest absolute Gasteiger partial charge is 0.252 e. The van der Waals surface area contributed by atoms with Gasteiger partial charge in [-0.25, -0.2) is 13.4 Å². The number of piperidine rings is 1. The molecule has 7 heteroatoms. The monoisotopic (exact) mass is 375 g/mol. The third kappa shape index (κ3) is 2.80. The van der Waals surface area contributed by atoms with Crippen molar-refractivity contribution in [3.8, 4) is 0 Å². The Kier molecular flexibility index (Phi) is 4.17. The van der Waals surface area contributed by atoms with E-state index in [1.54, 1.807) is 4.31 Å². The summed E-state index contributed by atoms with van der Waals surface area (Å²) in [5.74, 6) is 0.997. The molecule has 0 N–H and O–H groups in total. The summed E-state index contributed by atoms with van der Waals surface area (Å²) in [6, 6.07) is 10.3. The number of fused-ring (bicyclic) bond motifs is 1. The number of benzene rings is 1. The molecule has 5 nitrogen and oxygen atoms in total. The van der Waals surface area contributed by atoms with Crippen LogP contribution in [-0.4, -0.2) is 35.4 Å². The minimum atomic E-state index is -3.37. The second kappa shape index (κ2) is 6.23. The third-order valence-corrected chi connectivity index (χ3v) is 8.51. The standard InChI is InChI=1S/C18H21N3O2S2/c1-13-9-12-24-18(13)25(22,23)20-10-7-15(8-11-20)21-14(2)19-16-5-3-4-6-17(16)21/h3-6,9,12,15H,7-8,10-11H2,1-2H3. The second-order valence-electron chi connectivity index (χ2n) is 6.54. The van der Waals surface area contributed by atoms with E-state index in [4.69, 9.17) is 0 Å². The van der Waals surface area contributed by atoms with Gasteiger partial charge in [0.2, 0.25) is 0 Å². The van der Waals surface area contributed by atoms with Gasteiger partial charge in [-0.05, 0) is 55.8 Å². The maximum atomic E-state index is 12.9. The first kappa shape index (κ1) is 16.8. The summed E-state index contributed by atoms with van der Waals surface area (Å²) < 4.78 is 30.1. The van der Waals surface area contributed by atoms with E-state index >= 15 is 0 Å². The molecule has 0 aliphatic carbocycles. The molecule has 1 aliphatic heterocycles. The first-order valence-corrected chi connectivity index (χ1v) is 10.8. The summed E-state index contributed by atoms with van der Waals surface area (Å²) in [5, 5.41) is 1.84. The minimum Gasteiger partial charge on any atom is -0.325 e. The number of aryl methyl sites for hydroxylation is 2. The number of imidazole rings is 1. The van der Waals surface area contributed by atoms with Crippen LogP contribution in [0.1, 0.15) is 30.3 Å². The number of sulfonamides is 1. The van der Waals surface area contributed by atoms with Crippen molar-refractivity contribution in [2.75, 3.05) is 13.1 Å². The lowest BCUT2D eigenvalue weighted by molar-refractivity contribution is 0.275. The average Bonchev–Trinajstić information content (AvgIpc) is 3.17. The van der Waals surface area contributed by atoms with Crippen LogP contribution in [-0.2, 0) is 10.0 Å². The summed E-state index contributed by atoms with van der Waals surface area (Å²) in [6.45, 7) is 4.99. The van der Waals surface area contributed by atoms with Crippen LogP contribution in [0.15, 0.2) is 39.9 Å². The van der Waals surface area contributed by atoms with Crippen LogP contribution in [0.25, 0.3) is 11.0 Å². The quantitative estimate of drug-likeness (QED) is 0.701. The largest absolute Gasteiger partial charge is 0.325 e. The number of rotatable bonds is 3. The van der Waals surface area contributed by atoms with Gasteiger partial charge in [-0.2, -0.15) is 4.31 Å². The van der Waals surface area contributed by atoms with Crippen LogP contribution in [0, 0.1) is 13.8 Å². The molecule has 2 aromatic heterocycles. The van der Waals surface area contributed by atoms with Gasteiger partial charge >= 0.3 is 0 Å². The van der Waals surface area contributed by atoms with Crippen molar-refractivity contribution < 1.29 is 8.42 Å². The number of hydrogen-bond donors (Lipinski definition) is 0. The fraction of sp³-hybridized carbons (Fsp3) is 0.389. The summed E-state index contributed by atoms with van der Waals surface area (Å²) in [5.41, 5.74) is 2.98. The molecule has 0 unspecified atom stereocenters. The molecule has 1 saturated heterocycles. The van der Waals surface area contributed by atoms with Crippen molar-refractivity contribution in [3.63, 3.8) is 0 Å². The zero-order valence-electron chi connectivity index (χ0n) is 14.3. The Balaban J connectivity index is 1.57. The van der Waals surface area contributed by atoms with Gasteiger partial charge in [0.05, 0.1) is 11.0 Å². The van der Waals surface area contributed by atoms with E-state index in [0.717, 1.165) is 35.3 Å². The van der Waals surface area contributed by atoms with Crippen molar-refractivity contribution in [1.29, 1.82) is 0 Å². The van der Waals surface area contributed by atoms with E-state index in [9.17, 15) is 8.42 Å². The molecule has 132 valence electrons. The number of para-hydroxylation sites is 2. The molecule has 3 aromatic rings. The van der Waals surface area contributed by atoms with E-state index in [0.29, 0.717) is 23.3 Å². The van der Waals surface area contributed by atoms with Gasteiger partial charge in [0.15, 0.2) is 0 Å². The Morgan fingerprint density at radius 1 is 1.12 bits per heavy atom.